The number of pyridine rings is 1. The first kappa shape index (κ1) is 29.5. The van der Waals surface area contributed by atoms with Crippen LogP contribution in [-0.2, 0) is 16.1 Å². The normalized spacial score (nSPS) is 18.2. The molecule has 0 spiro atoms. The summed E-state index contributed by atoms with van der Waals surface area (Å²) in [5.74, 6) is -0.0779. The highest BCUT2D eigenvalue weighted by atomic mass is 16.6. The molecule has 1 fully saturated rings. The van der Waals surface area contributed by atoms with Crippen LogP contribution < -0.4 is 9.80 Å². The molecule has 7 nitrogen and oxygen atoms in total. The number of carbonyl (C=O) groups excluding carboxylic acids is 1. The Morgan fingerprint density at radius 1 is 1.02 bits per heavy atom. The molecule has 7 heteroatoms. The topological polar surface area (TPSA) is 86.1 Å². The first-order valence-electron chi connectivity index (χ1n) is 14.0. The van der Waals surface area contributed by atoms with E-state index in [2.05, 4.69) is 29.2 Å². The highest BCUT2D eigenvalue weighted by Gasteiger charge is 2.30. The lowest BCUT2D eigenvalue weighted by Crippen LogP contribution is -2.38. The second-order valence-corrected chi connectivity index (χ2v) is 11.0. The van der Waals surface area contributed by atoms with Crippen molar-refractivity contribution in [1.82, 2.24) is 4.98 Å². The average Bonchev–Trinajstić information content (AvgIpc) is 2.95. The fourth-order valence-electron chi connectivity index (χ4n) is 4.96. The molecule has 0 bridgehead atoms. The van der Waals surface area contributed by atoms with Crippen LogP contribution in [0.2, 0.25) is 0 Å². The van der Waals surface area contributed by atoms with Crippen LogP contribution in [0.4, 0.5) is 11.4 Å². The lowest BCUT2D eigenvalue weighted by molar-refractivity contribution is -0.124. The van der Waals surface area contributed by atoms with Gasteiger partial charge in [0.1, 0.15) is 0 Å². The minimum Gasteiger partial charge on any atom is -0.393 e. The summed E-state index contributed by atoms with van der Waals surface area (Å²) in [5.41, 5.74) is 5.61. The van der Waals surface area contributed by atoms with Crippen LogP contribution in [0.25, 0.3) is 17.3 Å². The van der Waals surface area contributed by atoms with Crippen molar-refractivity contribution in [2.75, 3.05) is 23.9 Å². The molecule has 0 aliphatic heterocycles. The van der Waals surface area contributed by atoms with Gasteiger partial charge in [-0.3, -0.25) is 9.78 Å². The quantitative estimate of drug-likeness (QED) is 0.321. The Balaban J connectivity index is 1.56. The molecule has 0 radical (unpaired) electrons. The van der Waals surface area contributed by atoms with Gasteiger partial charge in [-0.15, -0.1) is 0 Å². The van der Waals surface area contributed by atoms with E-state index in [-0.39, 0.29) is 24.0 Å². The van der Waals surface area contributed by atoms with Crippen LogP contribution in [0.15, 0.2) is 72.9 Å². The number of hydrogen-bond donors (Lipinski definition) is 2. The standard InChI is InChI=1S/C33H41N3O4/c1-23(2)40-32(38)19-9-24-6-5-7-29(20-24)36(33(39)27-12-16-30(37)17-13-27)22-25-8-18-31(34-21-25)26-10-14-28(15-11-26)35(3)4/h5-11,14-15,18-21,23,27,30,32,37-38H,12-13,16-17,22H2,1-4H3/b19-9+. The first-order chi connectivity index (χ1) is 19.2. The smallest absolute Gasteiger partial charge is 0.230 e. The van der Waals surface area contributed by atoms with Gasteiger partial charge in [0.15, 0.2) is 6.29 Å². The van der Waals surface area contributed by atoms with E-state index >= 15 is 0 Å². The van der Waals surface area contributed by atoms with E-state index in [1.54, 1.807) is 12.2 Å². The lowest BCUT2D eigenvalue weighted by atomic mass is 9.86. The highest BCUT2D eigenvalue weighted by molar-refractivity contribution is 5.95. The molecule has 1 aromatic heterocycles. The fourth-order valence-corrected chi connectivity index (χ4v) is 4.96. The number of ether oxygens (including phenoxy) is 1. The van der Waals surface area contributed by atoms with Gasteiger partial charge < -0.3 is 24.7 Å². The molecule has 1 heterocycles. The monoisotopic (exact) mass is 543 g/mol. The fraction of sp³-hybridized carbons (Fsp3) is 0.394. The van der Waals surface area contributed by atoms with E-state index in [1.807, 2.05) is 75.4 Å². The van der Waals surface area contributed by atoms with Crippen LogP contribution in [0.1, 0.15) is 50.7 Å². The molecule has 1 aliphatic carbocycles. The van der Waals surface area contributed by atoms with E-state index in [9.17, 15) is 15.0 Å². The number of anilines is 2. The molecule has 1 aliphatic rings. The second kappa shape index (κ2) is 13.7. The third-order valence-electron chi connectivity index (χ3n) is 7.20. The zero-order valence-corrected chi connectivity index (χ0v) is 23.9. The van der Waals surface area contributed by atoms with Crippen molar-refractivity contribution >= 4 is 23.4 Å². The van der Waals surface area contributed by atoms with Crippen LogP contribution >= 0.6 is 0 Å². The summed E-state index contributed by atoms with van der Waals surface area (Å²) in [6, 6.07) is 20.0. The number of carbonyl (C=O) groups is 1. The van der Waals surface area contributed by atoms with Gasteiger partial charge in [-0.2, -0.15) is 0 Å². The van der Waals surface area contributed by atoms with E-state index in [4.69, 9.17) is 9.72 Å². The maximum Gasteiger partial charge on any atom is 0.230 e. The zero-order valence-electron chi connectivity index (χ0n) is 23.9. The molecule has 3 aromatic rings. The lowest BCUT2D eigenvalue weighted by Gasteiger charge is -2.31. The van der Waals surface area contributed by atoms with Gasteiger partial charge in [0, 0.05) is 43.1 Å². The van der Waals surface area contributed by atoms with Crippen molar-refractivity contribution in [3.8, 4) is 11.3 Å². The van der Waals surface area contributed by atoms with Crippen LogP contribution in [0, 0.1) is 5.92 Å². The van der Waals surface area contributed by atoms with E-state index < -0.39 is 6.29 Å². The molecular formula is C33H41N3O4. The molecule has 0 saturated heterocycles. The Morgan fingerprint density at radius 2 is 1.75 bits per heavy atom. The molecule has 212 valence electrons. The summed E-state index contributed by atoms with van der Waals surface area (Å²) in [6.07, 6.45) is 6.45. The Hall–Kier alpha value is -3.52. The van der Waals surface area contributed by atoms with Gasteiger partial charge in [-0.05, 0) is 87.1 Å². The molecular weight excluding hydrogens is 502 g/mol. The minimum atomic E-state index is -1.00. The Bertz CT molecular complexity index is 1260. The summed E-state index contributed by atoms with van der Waals surface area (Å²) < 4.78 is 5.39. The third-order valence-corrected chi connectivity index (χ3v) is 7.20. The predicted octanol–water partition coefficient (Wildman–Crippen LogP) is 5.66. The van der Waals surface area contributed by atoms with Gasteiger partial charge >= 0.3 is 0 Å². The van der Waals surface area contributed by atoms with Crippen molar-refractivity contribution in [2.24, 2.45) is 5.92 Å². The maximum atomic E-state index is 13.8. The van der Waals surface area contributed by atoms with Crippen LogP contribution in [0.3, 0.4) is 0 Å². The number of aliphatic hydroxyl groups excluding tert-OH is 2. The molecule has 1 saturated carbocycles. The molecule has 1 atom stereocenters. The van der Waals surface area contributed by atoms with Gasteiger partial charge in [0.05, 0.1) is 24.4 Å². The van der Waals surface area contributed by atoms with E-state index in [0.717, 1.165) is 33.8 Å². The Morgan fingerprint density at radius 3 is 2.38 bits per heavy atom. The van der Waals surface area contributed by atoms with Gasteiger partial charge in [-0.1, -0.05) is 36.4 Å². The number of hydrogen-bond acceptors (Lipinski definition) is 6. The maximum absolute atomic E-state index is 13.8. The molecule has 1 unspecified atom stereocenters. The van der Waals surface area contributed by atoms with Crippen LogP contribution in [-0.4, -0.2) is 53.7 Å². The molecule has 2 N–H and O–H groups in total. The average molecular weight is 544 g/mol. The highest BCUT2D eigenvalue weighted by Crippen LogP contribution is 2.30. The van der Waals surface area contributed by atoms with E-state index in [1.165, 1.54) is 0 Å². The Kier molecular flexibility index (Phi) is 10.1. The van der Waals surface area contributed by atoms with Crippen LogP contribution in [0.5, 0.6) is 0 Å². The predicted molar refractivity (Wildman–Crippen MR) is 161 cm³/mol. The summed E-state index contributed by atoms with van der Waals surface area (Å²) in [7, 11) is 4.03. The SMILES string of the molecule is CC(C)OC(O)/C=C/c1cccc(N(Cc2ccc(-c3ccc(N(C)C)cc3)nc2)C(=O)C2CCC(O)CC2)c1. The van der Waals surface area contributed by atoms with Crippen molar-refractivity contribution in [1.29, 1.82) is 0 Å². The minimum absolute atomic E-state index is 0.0551. The summed E-state index contributed by atoms with van der Waals surface area (Å²) in [4.78, 5) is 22.4. The third kappa shape index (κ3) is 8.01. The first-order valence-corrected chi connectivity index (χ1v) is 14.0. The largest absolute Gasteiger partial charge is 0.393 e. The van der Waals surface area contributed by atoms with E-state index in [0.29, 0.717) is 32.2 Å². The number of amides is 1. The zero-order chi connectivity index (χ0) is 28.6. The molecule has 4 rings (SSSR count). The van der Waals surface area contributed by atoms with Gasteiger partial charge in [0.25, 0.3) is 0 Å². The number of benzene rings is 2. The van der Waals surface area contributed by atoms with Crippen molar-refractivity contribution in [3.63, 3.8) is 0 Å². The van der Waals surface area contributed by atoms with Crippen molar-refractivity contribution in [3.05, 3.63) is 84.1 Å². The molecule has 1 amide bonds. The summed E-state index contributed by atoms with van der Waals surface area (Å²) in [5, 5.41) is 20.1. The van der Waals surface area contributed by atoms with Crippen molar-refractivity contribution < 1.29 is 19.7 Å². The Labute approximate surface area is 237 Å². The number of rotatable bonds is 10. The number of nitrogens with zero attached hydrogens (tertiary/aromatic N) is 3. The second-order valence-electron chi connectivity index (χ2n) is 11.0. The summed E-state index contributed by atoms with van der Waals surface area (Å²) >= 11 is 0. The molecule has 40 heavy (non-hydrogen) atoms. The number of aromatic nitrogens is 1. The van der Waals surface area contributed by atoms with Crippen molar-refractivity contribution in [2.45, 2.75) is 64.6 Å². The van der Waals surface area contributed by atoms with Gasteiger partial charge in [0.2, 0.25) is 5.91 Å². The number of aliphatic hydroxyl groups is 2. The summed E-state index contributed by atoms with van der Waals surface area (Å²) in [6.45, 7) is 4.12. The van der Waals surface area contributed by atoms with Gasteiger partial charge in [-0.25, -0.2) is 0 Å². The molecule has 2 aromatic carbocycles.